The highest BCUT2D eigenvalue weighted by Crippen LogP contribution is 2.62. The quantitative estimate of drug-likeness (QED) is 0.0686. The predicted octanol–water partition coefficient (Wildman–Crippen LogP) is 14.7. The van der Waals surface area contributed by atoms with Gasteiger partial charge in [0, 0.05) is 0 Å². The van der Waals surface area contributed by atoms with Crippen LogP contribution in [0.2, 0.25) is 0 Å². The second kappa shape index (κ2) is 20.0. The Hall–Kier alpha value is -4.37. The Kier molecular flexibility index (Phi) is 14.6. The molecular formula is C51H57O3P. The SMILES string of the molecule is CCCCC(OP(OC(CCCC)(c1ccccc1)c1ccccc1)OC(CCCC)(c1ccccc1)c1ccccc1)(c1ccccc1)c1ccccc1. The Balaban J connectivity index is 1.64. The largest absolute Gasteiger partial charge is 0.336 e. The Morgan fingerprint density at radius 1 is 0.309 bits per heavy atom. The molecule has 6 rings (SSSR count). The van der Waals surface area contributed by atoms with Crippen molar-refractivity contribution in [1.82, 2.24) is 0 Å². The zero-order chi connectivity index (χ0) is 38.2. The lowest BCUT2D eigenvalue weighted by Crippen LogP contribution is -2.37. The number of benzene rings is 6. The molecule has 0 atom stereocenters. The van der Waals surface area contributed by atoms with E-state index < -0.39 is 25.4 Å². The summed E-state index contributed by atoms with van der Waals surface area (Å²) in [6.45, 7) is 6.74. The van der Waals surface area contributed by atoms with Gasteiger partial charge in [0.25, 0.3) is 0 Å². The lowest BCUT2D eigenvalue weighted by molar-refractivity contribution is -0.0250. The Morgan fingerprint density at radius 2 is 0.491 bits per heavy atom. The van der Waals surface area contributed by atoms with Gasteiger partial charge in [-0.1, -0.05) is 241 Å². The first-order valence-corrected chi connectivity index (χ1v) is 21.4. The minimum Gasteiger partial charge on any atom is -0.296 e. The van der Waals surface area contributed by atoms with Crippen LogP contribution in [0.1, 0.15) is 112 Å². The first kappa shape index (κ1) is 40.3. The molecule has 0 aliphatic carbocycles. The molecule has 0 fully saturated rings. The lowest BCUT2D eigenvalue weighted by Gasteiger charge is -2.45. The molecule has 0 saturated heterocycles. The van der Waals surface area contributed by atoms with Gasteiger partial charge in [0.2, 0.25) is 0 Å². The minimum absolute atomic E-state index is 0.764. The molecule has 0 aliphatic heterocycles. The van der Waals surface area contributed by atoms with E-state index in [0.29, 0.717) is 0 Å². The molecule has 0 amide bonds. The van der Waals surface area contributed by atoms with E-state index in [2.05, 4.69) is 203 Å². The molecule has 3 nitrogen and oxygen atoms in total. The van der Waals surface area contributed by atoms with Gasteiger partial charge in [0.15, 0.2) is 0 Å². The second-order valence-corrected chi connectivity index (χ2v) is 15.5. The van der Waals surface area contributed by atoms with E-state index in [1.807, 2.05) is 0 Å². The number of unbranched alkanes of at least 4 members (excludes halogenated alkanes) is 3. The van der Waals surface area contributed by atoms with Crippen molar-refractivity contribution in [3.05, 3.63) is 215 Å². The molecule has 0 saturated carbocycles. The standard InChI is InChI=1S/C51H57O3P/c1-4-7-40-49(43-28-16-10-17-29-43,44-30-18-11-19-31-44)52-55(53-50(41-8-5-2,45-32-20-12-21-33-45)46-34-22-13-23-35-46)54-51(42-9-6-3,47-36-24-14-25-37-47)48-38-26-15-27-39-48/h10-39H,4-9,40-42H2,1-3H3. The first-order valence-electron chi connectivity index (χ1n) is 20.3. The summed E-state index contributed by atoms with van der Waals surface area (Å²) in [6, 6.07) is 64.3. The smallest absolute Gasteiger partial charge is 0.296 e. The van der Waals surface area contributed by atoms with Gasteiger partial charge >= 0.3 is 8.60 Å². The fourth-order valence-corrected chi connectivity index (χ4v) is 9.56. The van der Waals surface area contributed by atoms with E-state index in [1.165, 1.54) is 0 Å². The van der Waals surface area contributed by atoms with E-state index in [1.54, 1.807) is 0 Å². The minimum atomic E-state index is -2.12. The van der Waals surface area contributed by atoms with Gasteiger partial charge in [-0.3, -0.25) is 13.6 Å². The molecule has 0 unspecified atom stereocenters. The highest BCUT2D eigenvalue weighted by Gasteiger charge is 2.48. The van der Waals surface area contributed by atoms with E-state index in [9.17, 15) is 0 Å². The molecule has 4 heteroatoms. The van der Waals surface area contributed by atoms with Crippen LogP contribution in [0.5, 0.6) is 0 Å². The maximum absolute atomic E-state index is 7.89. The third kappa shape index (κ3) is 9.37. The predicted molar refractivity (Wildman–Crippen MR) is 230 cm³/mol. The highest BCUT2D eigenvalue weighted by molar-refractivity contribution is 7.41. The summed E-state index contributed by atoms with van der Waals surface area (Å²) >= 11 is 0. The van der Waals surface area contributed by atoms with Crippen LogP contribution in [0, 0.1) is 0 Å². The third-order valence-corrected chi connectivity index (χ3v) is 12.2. The van der Waals surface area contributed by atoms with Crippen molar-refractivity contribution in [1.29, 1.82) is 0 Å². The molecule has 284 valence electrons. The second-order valence-electron chi connectivity index (χ2n) is 14.5. The molecule has 6 aromatic rings. The first-order chi connectivity index (χ1) is 27.1. The van der Waals surface area contributed by atoms with Crippen LogP contribution in [-0.4, -0.2) is 0 Å². The van der Waals surface area contributed by atoms with Crippen molar-refractivity contribution in [2.75, 3.05) is 0 Å². The normalized spacial score (nSPS) is 12.2. The van der Waals surface area contributed by atoms with Gasteiger partial charge in [-0.05, 0) is 52.6 Å². The topological polar surface area (TPSA) is 27.7 Å². The summed E-state index contributed by atoms with van der Waals surface area (Å²) in [4.78, 5) is 0. The third-order valence-electron chi connectivity index (χ3n) is 10.8. The van der Waals surface area contributed by atoms with E-state index in [-0.39, 0.29) is 0 Å². The van der Waals surface area contributed by atoms with Gasteiger partial charge in [-0.15, -0.1) is 0 Å². The molecule has 0 N–H and O–H groups in total. The summed E-state index contributed by atoms with van der Waals surface area (Å²) < 4.78 is 23.7. The van der Waals surface area contributed by atoms with Crippen LogP contribution in [0.15, 0.2) is 182 Å². The van der Waals surface area contributed by atoms with Crippen molar-refractivity contribution in [3.63, 3.8) is 0 Å². The number of hydrogen-bond acceptors (Lipinski definition) is 3. The molecule has 0 bridgehead atoms. The molecule has 0 aromatic heterocycles. The van der Waals surface area contributed by atoms with Crippen LogP contribution >= 0.6 is 8.60 Å². The molecule has 0 aliphatic rings. The van der Waals surface area contributed by atoms with Crippen molar-refractivity contribution < 1.29 is 13.6 Å². The van der Waals surface area contributed by atoms with Crippen molar-refractivity contribution in [2.24, 2.45) is 0 Å². The fourth-order valence-electron chi connectivity index (χ4n) is 7.78. The van der Waals surface area contributed by atoms with E-state index in [0.717, 1.165) is 91.2 Å². The van der Waals surface area contributed by atoms with E-state index >= 15 is 0 Å². The Morgan fingerprint density at radius 3 is 0.655 bits per heavy atom. The van der Waals surface area contributed by atoms with Crippen molar-refractivity contribution in [2.45, 2.75) is 95.4 Å². The van der Waals surface area contributed by atoms with Crippen molar-refractivity contribution in [3.8, 4) is 0 Å². The maximum atomic E-state index is 7.89. The lowest BCUT2D eigenvalue weighted by atomic mass is 9.82. The molecular weight excluding hydrogens is 692 g/mol. The summed E-state index contributed by atoms with van der Waals surface area (Å²) in [6.07, 6.45) is 8.24. The zero-order valence-corrected chi connectivity index (χ0v) is 33.8. The van der Waals surface area contributed by atoms with Gasteiger partial charge in [0.05, 0.1) is 0 Å². The fraction of sp³-hybridized carbons (Fsp3) is 0.294. The van der Waals surface area contributed by atoms with Crippen LogP contribution in [0.3, 0.4) is 0 Å². The molecule has 0 spiro atoms. The van der Waals surface area contributed by atoms with E-state index in [4.69, 9.17) is 13.6 Å². The van der Waals surface area contributed by atoms with Gasteiger partial charge in [0.1, 0.15) is 16.8 Å². The van der Waals surface area contributed by atoms with Crippen LogP contribution in [0.4, 0.5) is 0 Å². The van der Waals surface area contributed by atoms with Crippen LogP contribution in [0.25, 0.3) is 0 Å². The zero-order valence-electron chi connectivity index (χ0n) is 32.9. The van der Waals surface area contributed by atoms with Crippen LogP contribution in [-0.2, 0) is 30.4 Å². The summed E-state index contributed by atoms with van der Waals surface area (Å²) in [5, 5.41) is 0. The highest BCUT2D eigenvalue weighted by atomic mass is 31.2. The van der Waals surface area contributed by atoms with Crippen molar-refractivity contribution >= 4 is 8.60 Å². The number of hydrogen-bond donors (Lipinski definition) is 0. The summed E-state index contributed by atoms with van der Waals surface area (Å²) in [5.41, 5.74) is 3.99. The average Bonchev–Trinajstić information content (AvgIpc) is 3.27. The van der Waals surface area contributed by atoms with Gasteiger partial charge < -0.3 is 0 Å². The van der Waals surface area contributed by atoms with Gasteiger partial charge in [-0.25, -0.2) is 0 Å². The van der Waals surface area contributed by atoms with Gasteiger partial charge in [-0.2, -0.15) is 0 Å². The summed E-state index contributed by atoms with van der Waals surface area (Å²) in [7, 11) is -2.12. The monoisotopic (exact) mass is 748 g/mol. The molecule has 0 radical (unpaired) electrons. The molecule has 6 aromatic carbocycles. The number of rotatable bonds is 21. The summed E-state index contributed by atoms with van der Waals surface area (Å²) in [5.74, 6) is 0. The maximum Gasteiger partial charge on any atom is 0.336 e. The van der Waals surface area contributed by atoms with Crippen LogP contribution < -0.4 is 0 Å². The Bertz CT molecular complexity index is 1590. The average molecular weight is 749 g/mol. The molecule has 55 heavy (non-hydrogen) atoms. The Labute approximate surface area is 331 Å². The molecule has 0 heterocycles.